The predicted octanol–water partition coefficient (Wildman–Crippen LogP) is 3.61. The summed E-state index contributed by atoms with van der Waals surface area (Å²) in [4.78, 5) is 0. The third kappa shape index (κ3) is 4.04. The topological polar surface area (TPSA) is 48.4 Å². The summed E-state index contributed by atoms with van der Waals surface area (Å²) in [7, 11) is 0. The van der Waals surface area contributed by atoms with E-state index in [4.69, 9.17) is 14.9 Å². The van der Waals surface area contributed by atoms with Crippen LogP contribution in [-0.4, -0.2) is 12.4 Å². The zero-order chi connectivity index (χ0) is 13.5. The van der Waals surface area contributed by atoms with Crippen molar-refractivity contribution in [1.82, 2.24) is 0 Å². The maximum atomic E-state index is 6.23. The van der Waals surface area contributed by atoms with Gasteiger partial charge in [-0.2, -0.15) is 11.8 Å². The number of benzene rings is 1. The van der Waals surface area contributed by atoms with E-state index in [-0.39, 0.29) is 6.04 Å². The molecular formula is C15H19NO2S. The first kappa shape index (κ1) is 14.0. The van der Waals surface area contributed by atoms with Gasteiger partial charge in [0.1, 0.15) is 11.5 Å². The van der Waals surface area contributed by atoms with E-state index in [9.17, 15) is 0 Å². The number of ether oxygens (including phenoxy) is 1. The van der Waals surface area contributed by atoms with Gasteiger partial charge in [-0.05, 0) is 25.1 Å². The van der Waals surface area contributed by atoms with Crippen LogP contribution in [0.25, 0.3) is 0 Å². The molecule has 0 aliphatic rings. The molecule has 0 aliphatic heterocycles. The van der Waals surface area contributed by atoms with Gasteiger partial charge in [-0.15, -0.1) is 0 Å². The van der Waals surface area contributed by atoms with Crippen LogP contribution in [0.1, 0.15) is 24.3 Å². The molecule has 2 aromatic rings. The Morgan fingerprint density at radius 3 is 2.84 bits per heavy atom. The van der Waals surface area contributed by atoms with Gasteiger partial charge < -0.3 is 14.9 Å². The molecule has 0 spiro atoms. The molecule has 102 valence electrons. The van der Waals surface area contributed by atoms with Crippen LogP contribution < -0.4 is 10.5 Å². The van der Waals surface area contributed by atoms with Crippen LogP contribution in [0.2, 0.25) is 0 Å². The minimum Gasteiger partial charge on any atom is -0.494 e. The lowest BCUT2D eigenvalue weighted by Gasteiger charge is -2.15. The fourth-order valence-corrected chi connectivity index (χ4v) is 2.76. The molecule has 1 heterocycles. The first-order chi connectivity index (χ1) is 9.31. The minimum atomic E-state index is -0.0253. The van der Waals surface area contributed by atoms with Crippen molar-refractivity contribution in [1.29, 1.82) is 0 Å². The number of para-hydroxylation sites is 1. The lowest BCUT2D eigenvalue weighted by Crippen LogP contribution is -2.14. The summed E-state index contributed by atoms with van der Waals surface area (Å²) in [5, 5.41) is 0. The van der Waals surface area contributed by atoms with Gasteiger partial charge in [0.2, 0.25) is 0 Å². The molecule has 19 heavy (non-hydrogen) atoms. The molecule has 2 rings (SSSR count). The minimum absolute atomic E-state index is 0.0253. The fraction of sp³-hybridized carbons (Fsp3) is 0.333. The van der Waals surface area contributed by atoms with Gasteiger partial charge in [0.05, 0.1) is 18.6 Å². The maximum Gasteiger partial charge on any atom is 0.124 e. The molecule has 1 unspecified atom stereocenters. The highest BCUT2D eigenvalue weighted by molar-refractivity contribution is 7.98. The Hall–Kier alpha value is -1.39. The molecule has 0 fully saturated rings. The summed E-state index contributed by atoms with van der Waals surface area (Å²) in [6.07, 6.45) is 1.69. The Morgan fingerprint density at radius 2 is 2.11 bits per heavy atom. The van der Waals surface area contributed by atoms with E-state index < -0.39 is 0 Å². The van der Waals surface area contributed by atoms with E-state index >= 15 is 0 Å². The Morgan fingerprint density at radius 1 is 1.26 bits per heavy atom. The number of hydrogen-bond donors (Lipinski definition) is 1. The van der Waals surface area contributed by atoms with E-state index in [2.05, 4.69) is 0 Å². The van der Waals surface area contributed by atoms with Crippen molar-refractivity contribution in [3.05, 3.63) is 54.0 Å². The molecule has 0 bridgehead atoms. The molecule has 0 saturated carbocycles. The highest BCUT2D eigenvalue weighted by Crippen LogP contribution is 2.27. The average Bonchev–Trinajstić information content (AvgIpc) is 2.93. The van der Waals surface area contributed by atoms with Crippen molar-refractivity contribution >= 4 is 11.8 Å². The van der Waals surface area contributed by atoms with Gasteiger partial charge in [0, 0.05) is 17.4 Å². The molecule has 0 amide bonds. The zero-order valence-corrected chi connectivity index (χ0v) is 11.9. The first-order valence-corrected chi connectivity index (χ1v) is 7.54. The van der Waals surface area contributed by atoms with Crippen LogP contribution in [0.4, 0.5) is 0 Å². The van der Waals surface area contributed by atoms with E-state index in [1.807, 2.05) is 43.3 Å². The Labute approximate surface area is 118 Å². The summed E-state index contributed by atoms with van der Waals surface area (Å²) < 4.78 is 10.9. The van der Waals surface area contributed by atoms with Crippen molar-refractivity contribution in [2.75, 3.05) is 12.4 Å². The quantitative estimate of drug-likeness (QED) is 0.840. The number of rotatable bonds is 7. The lowest BCUT2D eigenvalue weighted by molar-refractivity contribution is 0.335. The van der Waals surface area contributed by atoms with Crippen molar-refractivity contribution in [2.24, 2.45) is 5.73 Å². The molecule has 2 N–H and O–H groups in total. The Balaban J connectivity index is 1.90. The summed E-state index contributed by atoms with van der Waals surface area (Å²) in [6, 6.07) is 11.8. The first-order valence-electron chi connectivity index (χ1n) is 6.38. The molecule has 1 atom stereocenters. The standard InChI is InChI=1S/C15H19NO2S/c1-2-17-15-8-4-3-7-13(15)14(16)11-19-10-12-6-5-9-18-12/h3-9,14H,2,10-11,16H2,1H3. The molecule has 1 aromatic heterocycles. The molecule has 3 nitrogen and oxygen atoms in total. The monoisotopic (exact) mass is 277 g/mol. The van der Waals surface area contributed by atoms with Crippen molar-refractivity contribution in [3.8, 4) is 5.75 Å². The van der Waals surface area contributed by atoms with Crippen LogP contribution in [-0.2, 0) is 5.75 Å². The summed E-state index contributed by atoms with van der Waals surface area (Å²) in [6.45, 7) is 2.64. The number of furan rings is 1. The Bertz CT molecular complexity index is 485. The van der Waals surface area contributed by atoms with Gasteiger partial charge in [-0.1, -0.05) is 18.2 Å². The van der Waals surface area contributed by atoms with Gasteiger partial charge >= 0.3 is 0 Å². The van der Waals surface area contributed by atoms with E-state index in [0.29, 0.717) is 6.61 Å². The second-order valence-corrected chi connectivity index (χ2v) is 5.20. The van der Waals surface area contributed by atoms with Crippen LogP contribution in [0.15, 0.2) is 47.1 Å². The van der Waals surface area contributed by atoms with Crippen LogP contribution in [0, 0.1) is 0 Å². The number of thioether (sulfide) groups is 1. The summed E-state index contributed by atoms with van der Waals surface area (Å²) in [5.74, 6) is 3.55. The van der Waals surface area contributed by atoms with E-state index in [1.54, 1.807) is 18.0 Å². The molecule has 0 aliphatic carbocycles. The van der Waals surface area contributed by atoms with Crippen LogP contribution in [0.3, 0.4) is 0 Å². The van der Waals surface area contributed by atoms with Crippen LogP contribution in [0.5, 0.6) is 5.75 Å². The largest absolute Gasteiger partial charge is 0.494 e. The van der Waals surface area contributed by atoms with Gasteiger partial charge in [-0.25, -0.2) is 0 Å². The summed E-state index contributed by atoms with van der Waals surface area (Å²) >= 11 is 1.77. The Kier molecular flexibility index (Phi) is 5.36. The second kappa shape index (κ2) is 7.26. The van der Waals surface area contributed by atoms with Crippen molar-refractivity contribution < 1.29 is 9.15 Å². The van der Waals surface area contributed by atoms with Crippen molar-refractivity contribution in [2.45, 2.75) is 18.7 Å². The predicted molar refractivity (Wildman–Crippen MR) is 79.4 cm³/mol. The van der Waals surface area contributed by atoms with E-state index in [0.717, 1.165) is 28.6 Å². The number of nitrogens with two attached hydrogens (primary N) is 1. The van der Waals surface area contributed by atoms with E-state index in [1.165, 1.54) is 0 Å². The highest BCUT2D eigenvalue weighted by Gasteiger charge is 2.11. The molecular weight excluding hydrogens is 258 g/mol. The van der Waals surface area contributed by atoms with Gasteiger partial charge in [0.25, 0.3) is 0 Å². The lowest BCUT2D eigenvalue weighted by atomic mass is 10.1. The summed E-state index contributed by atoms with van der Waals surface area (Å²) in [5.41, 5.74) is 7.30. The molecule has 1 aromatic carbocycles. The molecule has 0 saturated heterocycles. The third-order valence-corrected chi connectivity index (χ3v) is 3.82. The molecule has 4 heteroatoms. The van der Waals surface area contributed by atoms with Gasteiger partial charge in [0.15, 0.2) is 0 Å². The second-order valence-electron chi connectivity index (χ2n) is 4.17. The van der Waals surface area contributed by atoms with Crippen LogP contribution >= 0.6 is 11.8 Å². The molecule has 0 radical (unpaired) electrons. The fourth-order valence-electron chi connectivity index (χ4n) is 1.84. The SMILES string of the molecule is CCOc1ccccc1C(N)CSCc1ccco1. The normalized spacial score (nSPS) is 12.3. The smallest absolute Gasteiger partial charge is 0.124 e. The number of hydrogen-bond acceptors (Lipinski definition) is 4. The third-order valence-electron chi connectivity index (χ3n) is 2.74. The maximum absolute atomic E-state index is 6.23. The van der Waals surface area contributed by atoms with Gasteiger partial charge in [-0.3, -0.25) is 0 Å². The average molecular weight is 277 g/mol. The highest BCUT2D eigenvalue weighted by atomic mass is 32.2. The van der Waals surface area contributed by atoms with Crippen molar-refractivity contribution in [3.63, 3.8) is 0 Å². The zero-order valence-electron chi connectivity index (χ0n) is 11.0.